The highest BCUT2D eigenvalue weighted by Crippen LogP contribution is 2.17. The summed E-state index contributed by atoms with van der Waals surface area (Å²) in [5, 5.41) is 2.48. The summed E-state index contributed by atoms with van der Waals surface area (Å²) >= 11 is 0. The van der Waals surface area contributed by atoms with Crippen LogP contribution in [0, 0.1) is 0 Å². The molecule has 0 radical (unpaired) electrons. The molecule has 0 bridgehead atoms. The summed E-state index contributed by atoms with van der Waals surface area (Å²) in [5.41, 5.74) is 0.398. The van der Waals surface area contributed by atoms with Gasteiger partial charge in [-0.05, 0) is 36.4 Å². The van der Waals surface area contributed by atoms with E-state index < -0.39 is 28.4 Å². The Balaban J connectivity index is 2.03. The van der Waals surface area contributed by atoms with Gasteiger partial charge in [0.15, 0.2) is 0 Å². The van der Waals surface area contributed by atoms with E-state index in [1.807, 2.05) is 0 Å². The minimum Gasteiger partial charge on any atom is -0.497 e. The number of para-hydroxylation sites is 1. The number of hydrogen-bond donors (Lipinski definition) is 2. The van der Waals surface area contributed by atoms with Gasteiger partial charge in [-0.25, -0.2) is 17.9 Å². The fraction of sp³-hybridized carbons (Fsp3) is 0.176. The van der Waals surface area contributed by atoms with Crippen molar-refractivity contribution < 1.29 is 27.5 Å². The molecule has 8 nitrogen and oxygen atoms in total. The van der Waals surface area contributed by atoms with Gasteiger partial charge in [0.05, 0.1) is 36.9 Å². The molecule has 1 amide bonds. The second kappa shape index (κ2) is 8.45. The molecule has 138 valence electrons. The SMILES string of the molecule is COC(=O)c1ccccc1NC(=O)CNS(=O)(=O)c1ccc(OC)cc1. The first-order valence-corrected chi connectivity index (χ1v) is 8.96. The number of anilines is 1. The zero-order valence-corrected chi connectivity index (χ0v) is 15.0. The van der Waals surface area contributed by atoms with Crippen molar-refractivity contribution in [2.45, 2.75) is 4.90 Å². The van der Waals surface area contributed by atoms with Gasteiger partial charge in [-0.15, -0.1) is 0 Å². The average Bonchev–Trinajstić information content (AvgIpc) is 2.66. The number of amides is 1. The van der Waals surface area contributed by atoms with E-state index in [2.05, 4.69) is 14.8 Å². The van der Waals surface area contributed by atoms with Crippen LogP contribution in [0.3, 0.4) is 0 Å². The minimum absolute atomic E-state index is 0.000982. The van der Waals surface area contributed by atoms with Crippen molar-refractivity contribution in [2.24, 2.45) is 0 Å². The molecule has 9 heteroatoms. The first-order chi connectivity index (χ1) is 12.4. The maximum Gasteiger partial charge on any atom is 0.339 e. The Bertz CT molecular complexity index is 894. The van der Waals surface area contributed by atoms with Crippen LogP contribution >= 0.6 is 0 Å². The summed E-state index contributed by atoms with van der Waals surface area (Å²) < 4.78 is 36.2. The smallest absolute Gasteiger partial charge is 0.339 e. The van der Waals surface area contributed by atoms with Crippen LogP contribution in [0.15, 0.2) is 53.4 Å². The molecule has 2 aromatic carbocycles. The first-order valence-electron chi connectivity index (χ1n) is 7.48. The molecule has 0 aliphatic carbocycles. The third-order valence-electron chi connectivity index (χ3n) is 3.40. The van der Waals surface area contributed by atoms with Crippen LogP contribution in [0.4, 0.5) is 5.69 Å². The van der Waals surface area contributed by atoms with Crippen LogP contribution in [0.2, 0.25) is 0 Å². The summed E-state index contributed by atoms with van der Waals surface area (Å²) in [6.45, 7) is -0.496. The summed E-state index contributed by atoms with van der Waals surface area (Å²) in [5.74, 6) is -0.723. The Labute approximate surface area is 151 Å². The van der Waals surface area contributed by atoms with Crippen molar-refractivity contribution >= 4 is 27.6 Å². The van der Waals surface area contributed by atoms with E-state index in [0.717, 1.165) is 0 Å². The summed E-state index contributed by atoms with van der Waals surface area (Å²) in [4.78, 5) is 23.7. The standard InChI is InChI=1S/C17H18N2O6S/c1-24-12-7-9-13(10-8-12)26(22,23)18-11-16(20)19-15-6-4-3-5-14(15)17(21)25-2/h3-10,18H,11H2,1-2H3,(H,19,20). The van der Waals surface area contributed by atoms with Crippen molar-refractivity contribution in [3.63, 3.8) is 0 Å². The highest BCUT2D eigenvalue weighted by atomic mass is 32.2. The maximum absolute atomic E-state index is 12.2. The van der Waals surface area contributed by atoms with Crippen molar-refractivity contribution in [3.05, 3.63) is 54.1 Å². The Morgan fingerprint density at radius 2 is 1.65 bits per heavy atom. The Hall–Kier alpha value is -2.91. The highest BCUT2D eigenvalue weighted by Gasteiger charge is 2.17. The Morgan fingerprint density at radius 3 is 2.27 bits per heavy atom. The molecule has 0 spiro atoms. The van der Waals surface area contributed by atoms with Crippen LogP contribution in [0.1, 0.15) is 10.4 Å². The number of sulfonamides is 1. The second-order valence-electron chi connectivity index (χ2n) is 5.09. The van der Waals surface area contributed by atoms with Gasteiger partial charge in [-0.1, -0.05) is 12.1 Å². The average molecular weight is 378 g/mol. The van der Waals surface area contributed by atoms with Gasteiger partial charge in [0.25, 0.3) is 0 Å². The number of nitrogens with one attached hydrogen (secondary N) is 2. The number of carbonyl (C=O) groups excluding carboxylic acids is 2. The minimum atomic E-state index is -3.86. The number of hydrogen-bond acceptors (Lipinski definition) is 6. The lowest BCUT2D eigenvalue weighted by Gasteiger charge is -2.11. The normalized spacial score (nSPS) is 10.8. The zero-order valence-electron chi connectivity index (χ0n) is 14.2. The number of benzene rings is 2. The monoisotopic (exact) mass is 378 g/mol. The number of rotatable bonds is 7. The van der Waals surface area contributed by atoms with Gasteiger partial charge < -0.3 is 14.8 Å². The molecule has 0 aliphatic heterocycles. The quantitative estimate of drug-likeness (QED) is 0.705. The first kappa shape index (κ1) is 19.4. The van der Waals surface area contributed by atoms with Crippen molar-refractivity contribution in [2.75, 3.05) is 26.1 Å². The van der Waals surface area contributed by atoms with Gasteiger partial charge >= 0.3 is 5.97 Å². The van der Waals surface area contributed by atoms with Gasteiger partial charge in [0.1, 0.15) is 5.75 Å². The molecule has 0 saturated carbocycles. The van der Waals surface area contributed by atoms with Gasteiger partial charge in [0, 0.05) is 0 Å². The number of esters is 1. The van der Waals surface area contributed by atoms with Crippen LogP contribution in [0.25, 0.3) is 0 Å². The van der Waals surface area contributed by atoms with Gasteiger partial charge in [-0.3, -0.25) is 4.79 Å². The van der Waals surface area contributed by atoms with E-state index in [1.165, 1.54) is 50.6 Å². The molecule has 0 heterocycles. The fourth-order valence-corrected chi connectivity index (χ4v) is 3.06. The zero-order chi connectivity index (χ0) is 19.2. The van der Waals surface area contributed by atoms with Gasteiger partial charge in [-0.2, -0.15) is 0 Å². The van der Waals surface area contributed by atoms with Gasteiger partial charge in [0.2, 0.25) is 15.9 Å². The molecule has 0 atom stereocenters. The van der Waals surface area contributed by atoms with Crippen LogP contribution in [-0.2, 0) is 19.6 Å². The number of ether oxygens (including phenoxy) is 2. The Kier molecular flexibility index (Phi) is 6.31. The molecule has 0 saturated heterocycles. The molecule has 2 aromatic rings. The maximum atomic E-state index is 12.2. The highest BCUT2D eigenvalue weighted by molar-refractivity contribution is 7.89. The molecule has 0 aliphatic rings. The van der Waals surface area contributed by atoms with E-state index in [4.69, 9.17) is 4.74 Å². The number of carbonyl (C=O) groups is 2. The lowest BCUT2D eigenvalue weighted by Crippen LogP contribution is -2.33. The number of methoxy groups -OCH3 is 2. The van der Waals surface area contributed by atoms with Crippen molar-refractivity contribution in [3.8, 4) is 5.75 Å². The van der Waals surface area contributed by atoms with E-state index >= 15 is 0 Å². The van der Waals surface area contributed by atoms with Crippen molar-refractivity contribution in [1.82, 2.24) is 4.72 Å². The lowest BCUT2D eigenvalue weighted by atomic mass is 10.2. The molecular formula is C17H18N2O6S. The van der Waals surface area contributed by atoms with E-state index in [9.17, 15) is 18.0 Å². The lowest BCUT2D eigenvalue weighted by molar-refractivity contribution is -0.115. The molecule has 2 N–H and O–H groups in total. The topological polar surface area (TPSA) is 111 Å². The van der Waals surface area contributed by atoms with E-state index in [-0.39, 0.29) is 16.1 Å². The Morgan fingerprint density at radius 1 is 1.00 bits per heavy atom. The molecule has 0 fully saturated rings. The van der Waals surface area contributed by atoms with Crippen molar-refractivity contribution in [1.29, 1.82) is 0 Å². The largest absolute Gasteiger partial charge is 0.497 e. The fourth-order valence-electron chi connectivity index (χ4n) is 2.07. The molecule has 0 aromatic heterocycles. The third kappa shape index (κ3) is 4.80. The van der Waals surface area contributed by atoms with E-state index in [0.29, 0.717) is 5.75 Å². The molecule has 0 unspecified atom stereocenters. The van der Waals surface area contributed by atoms with Crippen LogP contribution in [-0.4, -0.2) is 41.1 Å². The third-order valence-corrected chi connectivity index (χ3v) is 4.82. The van der Waals surface area contributed by atoms with Crippen LogP contribution < -0.4 is 14.8 Å². The molecule has 2 rings (SSSR count). The second-order valence-corrected chi connectivity index (χ2v) is 6.85. The van der Waals surface area contributed by atoms with Crippen LogP contribution in [0.5, 0.6) is 5.75 Å². The van der Waals surface area contributed by atoms with E-state index in [1.54, 1.807) is 12.1 Å². The molecule has 26 heavy (non-hydrogen) atoms. The molecular weight excluding hydrogens is 360 g/mol. The predicted molar refractivity (Wildman–Crippen MR) is 94.6 cm³/mol. The summed E-state index contributed by atoms with van der Waals surface area (Å²) in [6.07, 6.45) is 0. The summed E-state index contributed by atoms with van der Waals surface area (Å²) in [6, 6.07) is 12.0. The predicted octanol–water partition coefficient (Wildman–Crippen LogP) is 1.40. The summed E-state index contributed by atoms with van der Waals surface area (Å²) in [7, 11) is -1.17.